The highest BCUT2D eigenvalue weighted by atomic mass is 32.2. The van der Waals surface area contributed by atoms with Gasteiger partial charge in [0.15, 0.2) is 5.82 Å². The molecule has 8 nitrogen and oxygen atoms in total. The van der Waals surface area contributed by atoms with Gasteiger partial charge in [0.2, 0.25) is 15.9 Å². The largest absolute Gasteiger partial charge is 0.338 e. The lowest BCUT2D eigenvalue weighted by Gasteiger charge is -2.36. The minimum absolute atomic E-state index is 0.0529. The molecule has 2 heterocycles. The molecule has 0 saturated carbocycles. The zero-order valence-electron chi connectivity index (χ0n) is 15.5. The third-order valence-electron chi connectivity index (χ3n) is 4.76. The number of nitrogens with zero attached hydrogens (tertiary/aromatic N) is 5. The summed E-state index contributed by atoms with van der Waals surface area (Å²) in [5.74, 6) is 1.28. The SMILES string of the molecule is CCCc1noc(C(C)N2CCN(S(=O)(=O)c3ccc(C#N)cc3)CC2)n1. The van der Waals surface area contributed by atoms with Gasteiger partial charge in [-0.15, -0.1) is 0 Å². The third kappa shape index (κ3) is 4.18. The zero-order chi connectivity index (χ0) is 19.4. The standard InChI is InChI=1S/C18H23N5O3S/c1-3-4-17-20-18(26-21-17)14(2)22-9-11-23(12-10-22)27(24,25)16-7-5-15(13-19)6-8-16/h5-8,14H,3-4,9-12H2,1-2H3. The van der Waals surface area contributed by atoms with E-state index in [2.05, 4.69) is 22.0 Å². The van der Waals surface area contributed by atoms with Gasteiger partial charge in [0.1, 0.15) is 0 Å². The Balaban J connectivity index is 1.64. The van der Waals surface area contributed by atoms with Gasteiger partial charge in [0, 0.05) is 32.6 Å². The summed E-state index contributed by atoms with van der Waals surface area (Å²) in [6.45, 7) is 6.01. The molecule has 1 fully saturated rings. The van der Waals surface area contributed by atoms with E-state index in [1.807, 2.05) is 13.0 Å². The molecule has 0 bridgehead atoms. The fourth-order valence-corrected chi connectivity index (χ4v) is 4.52. The molecule has 1 unspecified atom stereocenters. The minimum atomic E-state index is -3.56. The first kappa shape index (κ1) is 19.5. The topological polar surface area (TPSA) is 103 Å². The Labute approximate surface area is 159 Å². The molecule has 1 aromatic heterocycles. The maximum Gasteiger partial charge on any atom is 0.243 e. The number of hydrogen-bond donors (Lipinski definition) is 0. The van der Waals surface area contributed by atoms with Gasteiger partial charge in [-0.25, -0.2) is 8.42 Å². The second kappa shape index (κ2) is 8.17. The molecule has 1 aromatic carbocycles. The lowest BCUT2D eigenvalue weighted by Crippen LogP contribution is -2.49. The lowest BCUT2D eigenvalue weighted by molar-refractivity contribution is 0.124. The average Bonchev–Trinajstić information content (AvgIpc) is 3.16. The summed E-state index contributed by atoms with van der Waals surface area (Å²) in [7, 11) is -3.56. The number of rotatable bonds is 6. The van der Waals surface area contributed by atoms with Crippen LogP contribution < -0.4 is 0 Å². The number of piperazine rings is 1. The van der Waals surface area contributed by atoms with Crippen molar-refractivity contribution in [1.29, 1.82) is 5.26 Å². The molecule has 1 atom stereocenters. The molecule has 144 valence electrons. The third-order valence-corrected chi connectivity index (χ3v) is 6.67. The van der Waals surface area contributed by atoms with Crippen LogP contribution in [0.5, 0.6) is 0 Å². The maximum atomic E-state index is 12.8. The number of hydrogen-bond acceptors (Lipinski definition) is 7. The smallest absolute Gasteiger partial charge is 0.243 e. The molecule has 9 heteroatoms. The van der Waals surface area contributed by atoms with Gasteiger partial charge in [0.25, 0.3) is 0 Å². The molecule has 0 radical (unpaired) electrons. The summed E-state index contributed by atoms with van der Waals surface area (Å²) in [6, 6.07) is 7.95. The van der Waals surface area contributed by atoms with Crippen molar-refractivity contribution in [2.45, 2.75) is 37.6 Å². The Morgan fingerprint density at radius 3 is 2.48 bits per heavy atom. The van der Waals surface area contributed by atoms with E-state index >= 15 is 0 Å². The minimum Gasteiger partial charge on any atom is -0.338 e. The van der Waals surface area contributed by atoms with Crippen LogP contribution in [0.4, 0.5) is 0 Å². The Morgan fingerprint density at radius 2 is 1.89 bits per heavy atom. The first-order valence-corrected chi connectivity index (χ1v) is 10.5. The number of benzene rings is 1. The van der Waals surface area contributed by atoms with Crippen LogP contribution in [0.25, 0.3) is 0 Å². The Morgan fingerprint density at radius 1 is 1.22 bits per heavy atom. The zero-order valence-corrected chi connectivity index (χ0v) is 16.3. The van der Waals surface area contributed by atoms with Crippen LogP contribution in [0.2, 0.25) is 0 Å². The van der Waals surface area contributed by atoms with Crippen LogP contribution in [0, 0.1) is 11.3 Å². The predicted molar refractivity (Wildman–Crippen MR) is 98.2 cm³/mol. The molecule has 0 amide bonds. The van der Waals surface area contributed by atoms with Gasteiger partial charge in [-0.05, 0) is 37.6 Å². The summed E-state index contributed by atoms with van der Waals surface area (Å²) >= 11 is 0. The molecule has 0 spiro atoms. The average molecular weight is 389 g/mol. The van der Waals surface area contributed by atoms with Gasteiger partial charge in [0.05, 0.1) is 22.6 Å². The van der Waals surface area contributed by atoms with Crippen LogP contribution in [-0.4, -0.2) is 53.9 Å². The molecule has 3 rings (SSSR count). The molecule has 2 aromatic rings. The van der Waals surface area contributed by atoms with Crippen molar-refractivity contribution >= 4 is 10.0 Å². The van der Waals surface area contributed by atoms with Crippen molar-refractivity contribution in [3.8, 4) is 6.07 Å². The van der Waals surface area contributed by atoms with Crippen LogP contribution in [0.1, 0.15) is 43.6 Å². The first-order chi connectivity index (χ1) is 13.0. The molecule has 1 aliphatic rings. The van der Waals surface area contributed by atoms with Crippen molar-refractivity contribution in [1.82, 2.24) is 19.3 Å². The summed E-state index contributed by atoms with van der Waals surface area (Å²) in [4.78, 5) is 6.79. The number of aromatic nitrogens is 2. The van der Waals surface area contributed by atoms with Crippen molar-refractivity contribution in [2.75, 3.05) is 26.2 Å². The van der Waals surface area contributed by atoms with Crippen molar-refractivity contribution in [3.05, 3.63) is 41.5 Å². The van der Waals surface area contributed by atoms with E-state index in [4.69, 9.17) is 9.78 Å². The van der Waals surface area contributed by atoms with E-state index < -0.39 is 10.0 Å². The normalized spacial score (nSPS) is 17.5. The van der Waals surface area contributed by atoms with E-state index in [1.54, 1.807) is 0 Å². The quantitative estimate of drug-likeness (QED) is 0.744. The lowest BCUT2D eigenvalue weighted by atomic mass is 10.2. The van der Waals surface area contributed by atoms with Gasteiger partial charge < -0.3 is 4.52 Å². The molecule has 0 aliphatic carbocycles. The highest BCUT2D eigenvalue weighted by Gasteiger charge is 2.31. The van der Waals surface area contributed by atoms with Gasteiger partial charge >= 0.3 is 0 Å². The van der Waals surface area contributed by atoms with Crippen molar-refractivity contribution in [2.24, 2.45) is 0 Å². The molecule has 0 N–H and O–H groups in total. The second-order valence-electron chi connectivity index (χ2n) is 6.55. The molecule has 1 saturated heterocycles. The van der Waals surface area contributed by atoms with Crippen LogP contribution >= 0.6 is 0 Å². The Kier molecular flexibility index (Phi) is 5.89. The molecular formula is C18H23N5O3S. The summed E-state index contributed by atoms with van der Waals surface area (Å²) in [6.07, 6.45) is 1.74. The number of aryl methyl sites for hydroxylation is 1. The van der Waals surface area contributed by atoms with Crippen molar-refractivity contribution < 1.29 is 12.9 Å². The van der Waals surface area contributed by atoms with E-state index in [0.717, 1.165) is 12.8 Å². The summed E-state index contributed by atoms with van der Waals surface area (Å²) in [5.41, 5.74) is 0.439. The van der Waals surface area contributed by atoms with Crippen LogP contribution in [0.3, 0.4) is 0 Å². The molecule has 1 aliphatic heterocycles. The maximum absolute atomic E-state index is 12.8. The highest BCUT2D eigenvalue weighted by molar-refractivity contribution is 7.89. The second-order valence-corrected chi connectivity index (χ2v) is 8.49. The van der Waals surface area contributed by atoms with Crippen LogP contribution in [0.15, 0.2) is 33.7 Å². The molecular weight excluding hydrogens is 366 g/mol. The number of nitriles is 1. The Bertz CT molecular complexity index is 909. The van der Waals surface area contributed by atoms with E-state index in [9.17, 15) is 8.42 Å². The Hall–Kier alpha value is -2.28. The fourth-order valence-electron chi connectivity index (χ4n) is 3.10. The van der Waals surface area contributed by atoms with E-state index in [-0.39, 0.29) is 10.9 Å². The van der Waals surface area contributed by atoms with E-state index in [1.165, 1.54) is 28.6 Å². The fraction of sp³-hybridized carbons (Fsp3) is 0.500. The first-order valence-electron chi connectivity index (χ1n) is 9.02. The highest BCUT2D eigenvalue weighted by Crippen LogP contribution is 2.23. The summed E-state index contributed by atoms with van der Waals surface area (Å²) in [5, 5.41) is 12.8. The summed E-state index contributed by atoms with van der Waals surface area (Å²) < 4.78 is 32.4. The monoisotopic (exact) mass is 389 g/mol. The molecule has 27 heavy (non-hydrogen) atoms. The predicted octanol–water partition coefficient (Wildman–Crippen LogP) is 1.96. The van der Waals surface area contributed by atoms with Gasteiger partial charge in [-0.3, -0.25) is 4.90 Å². The number of sulfonamides is 1. The van der Waals surface area contributed by atoms with Gasteiger partial charge in [-0.1, -0.05) is 12.1 Å². The van der Waals surface area contributed by atoms with Crippen LogP contribution in [-0.2, 0) is 16.4 Å². The van der Waals surface area contributed by atoms with Crippen molar-refractivity contribution in [3.63, 3.8) is 0 Å². The van der Waals surface area contributed by atoms with Gasteiger partial charge in [-0.2, -0.15) is 14.6 Å². The van der Waals surface area contributed by atoms with E-state index in [0.29, 0.717) is 43.5 Å².